The molecule has 0 radical (unpaired) electrons. The van der Waals surface area contributed by atoms with E-state index < -0.39 is 0 Å². The highest BCUT2D eigenvalue weighted by atomic mass is 16.5. The van der Waals surface area contributed by atoms with Crippen molar-refractivity contribution in [3.05, 3.63) is 60.1 Å². The monoisotopic (exact) mass is 448 g/mol. The van der Waals surface area contributed by atoms with Gasteiger partial charge in [0.15, 0.2) is 0 Å². The summed E-state index contributed by atoms with van der Waals surface area (Å²) in [5.74, 6) is 0.549. The highest BCUT2D eigenvalue weighted by Crippen LogP contribution is 2.34. The Morgan fingerprint density at radius 2 is 1.94 bits per heavy atom. The van der Waals surface area contributed by atoms with Gasteiger partial charge in [-0.2, -0.15) is 0 Å². The van der Waals surface area contributed by atoms with Crippen LogP contribution in [0.5, 0.6) is 0 Å². The Labute approximate surface area is 195 Å². The van der Waals surface area contributed by atoms with E-state index in [0.29, 0.717) is 18.8 Å². The normalized spacial score (nSPS) is 14.1. The lowest BCUT2D eigenvalue weighted by molar-refractivity contribution is 0.0377. The van der Waals surface area contributed by atoms with Crippen molar-refractivity contribution in [1.29, 1.82) is 0 Å². The number of pyridine rings is 2. The van der Waals surface area contributed by atoms with Crippen molar-refractivity contribution in [2.45, 2.75) is 26.9 Å². The maximum Gasteiger partial charge on any atom is 0.338 e. The first-order valence-corrected chi connectivity index (χ1v) is 11.3. The fraction of sp³-hybridized carbons (Fsp3) is 0.385. The molecule has 3 aromatic rings. The van der Waals surface area contributed by atoms with Crippen molar-refractivity contribution in [2.24, 2.45) is 0 Å². The lowest BCUT2D eigenvalue weighted by Gasteiger charge is -2.32. The van der Waals surface area contributed by atoms with Crippen LogP contribution in [0.3, 0.4) is 0 Å². The zero-order valence-electron chi connectivity index (χ0n) is 20.1. The van der Waals surface area contributed by atoms with E-state index in [1.807, 2.05) is 64.3 Å². The van der Waals surface area contributed by atoms with Crippen LogP contribution in [0.25, 0.3) is 22.3 Å². The molecule has 0 unspecified atom stereocenters. The molecule has 7 heteroatoms. The third kappa shape index (κ3) is 4.46. The number of carbonyl (C=O) groups excluding carboxylic acids is 1. The third-order valence-electron chi connectivity index (χ3n) is 5.95. The Bertz CT molecular complexity index is 1190. The Morgan fingerprint density at radius 3 is 2.61 bits per heavy atom. The summed E-state index contributed by atoms with van der Waals surface area (Å²) in [5, 5.41) is 0. The van der Waals surface area contributed by atoms with Crippen LogP contribution in [-0.4, -0.2) is 66.8 Å². The van der Waals surface area contributed by atoms with Crippen molar-refractivity contribution in [1.82, 2.24) is 14.3 Å². The molecule has 1 aliphatic heterocycles. The molecule has 1 saturated heterocycles. The van der Waals surface area contributed by atoms with Crippen LogP contribution in [0.4, 0.5) is 5.82 Å². The van der Waals surface area contributed by atoms with Gasteiger partial charge in [-0.25, -0.2) is 9.78 Å². The molecule has 7 nitrogen and oxygen atoms in total. The third-order valence-corrected chi connectivity index (χ3v) is 5.95. The number of nitrogens with zero attached hydrogens (tertiary/aromatic N) is 4. The first-order valence-electron chi connectivity index (χ1n) is 11.3. The average Bonchev–Trinajstić information content (AvgIpc) is 3.22. The van der Waals surface area contributed by atoms with Gasteiger partial charge < -0.3 is 23.7 Å². The van der Waals surface area contributed by atoms with E-state index in [1.54, 1.807) is 0 Å². The van der Waals surface area contributed by atoms with E-state index in [9.17, 15) is 4.79 Å². The minimum Gasteiger partial charge on any atom is -0.459 e. The summed E-state index contributed by atoms with van der Waals surface area (Å²) in [6, 6.07) is 8.06. The quantitative estimate of drug-likeness (QED) is 0.526. The van der Waals surface area contributed by atoms with Crippen LogP contribution >= 0.6 is 0 Å². The Balaban J connectivity index is 1.92. The molecule has 3 aromatic heterocycles. The molecule has 0 saturated carbocycles. The molecular formula is C26H32N4O3. The lowest BCUT2D eigenvalue weighted by Crippen LogP contribution is -2.35. The maximum atomic E-state index is 13.1. The summed E-state index contributed by atoms with van der Waals surface area (Å²) in [7, 11) is 3.94. The number of hydrogen-bond donors (Lipinski definition) is 0. The minimum absolute atomic E-state index is 0.201. The van der Waals surface area contributed by atoms with Gasteiger partial charge in [0.05, 0.1) is 41.8 Å². The number of aromatic nitrogens is 2. The molecule has 0 N–H and O–H groups in total. The van der Waals surface area contributed by atoms with Gasteiger partial charge in [0.25, 0.3) is 0 Å². The van der Waals surface area contributed by atoms with Gasteiger partial charge in [0, 0.05) is 45.1 Å². The standard InChI is InChI=1S/C26H32N4O3/c1-17(2)33-26(31)22-16-23-21(20-7-9-27-24(15-20)28(5)6)8-10-30(23)25(18(22)3)19(4)29-11-13-32-14-12-29/h7-10,15-17H,4,11-14H2,1-3,5-6H3. The van der Waals surface area contributed by atoms with E-state index in [1.165, 1.54) is 0 Å². The highest BCUT2D eigenvalue weighted by molar-refractivity contribution is 5.96. The van der Waals surface area contributed by atoms with Crippen molar-refractivity contribution in [3.63, 3.8) is 0 Å². The summed E-state index contributed by atoms with van der Waals surface area (Å²) < 4.78 is 13.2. The van der Waals surface area contributed by atoms with Gasteiger partial charge >= 0.3 is 5.97 Å². The van der Waals surface area contributed by atoms with Crippen molar-refractivity contribution in [3.8, 4) is 11.1 Å². The van der Waals surface area contributed by atoms with Gasteiger partial charge in [-0.3, -0.25) is 0 Å². The Hall–Kier alpha value is -3.32. The first-order chi connectivity index (χ1) is 15.8. The largest absolute Gasteiger partial charge is 0.459 e. The molecule has 4 heterocycles. The minimum atomic E-state index is -0.322. The SMILES string of the molecule is C=C(c1c(C)c(C(=O)OC(C)C)cc2c(-c3ccnc(N(C)C)c3)ccn12)N1CCOCC1. The number of ether oxygens (including phenoxy) is 2. The van der Waals surface area contributed by atoms with Crippen molar-refractivity contribution in [2.75, 3.05) is 45.3 Å². The van der Waals surface area contributed by atoms with Crippen molar-refractivity contribution < 1.29 is 14.3 Å². The van der Waals surface area contributed by atoms with E-state index in [4.69, 9.17) is 9.47 Å². The number of fused-ring (bicyclic) bond motifs is 1. The number of morpholine rings is 1. The highest BCUT2D eigenvalue weighted by Gasteiger charge is 2.24. The van der Waals surface area contributed by atoms with Crippen LogP contribution in [-0.2, 0) is 9.47 Å². The molecule has 33 heavy (non-hydrogen) atoms. The molecule has 4 rings (SSSR count). The second-order valence-electron chi connectivity index (χ2n) is 8.81. The summed E-state index contributed by atoms with van der Waals surface area (Å²) in [4.78, 5) is 21.7. The van der Waals surface area contributed by atoms with Crippen LogP contribution < -0.4 is 4.90 Å². The molecule has 0 bridgehead atoms. The second kappa shape index (κ2) is 9.27. The summed E-state index contributed by atoms with van der Waals surface area (Å²) in [5.41, 5.74) is 6.19. The summed E-state index contributed by atoms with van der Waals surface area (Å²) in [6.45, 7) is 13.0. The van der Waals surface area contributed by atoms with E-state index in [0.717, 1.165) is 52.5 Å². The number of carbonyl (C=O) groups is 1. The van der Waals surface area contributed by atoms with Gasteiger partial charge in [-0.1, -0.05) is 6.58 Å². The molecule has 0 atom stereocenters. The molecule has 1 aliphatic rings. The zero-order chi connectivity index (χ0) is 23.7. The maximum absolute atomic E-state index is 13.1. The predicted octanol–water partition coefficient (Wildman–Crippen LogP) is 4.24. The van der Waals surface area contributed by atoms with E-state index >= 15 is 0 Å². The Kier molecular flexibility index (Phi) is 6.42. The van der Waals surface area contributed by atoms with Crippen LogP contribution in [0, 0.1) is 6.92 Å². The summed E-state index contributed by atoms with van der Waals surface area (Å²) in [6.07, 6.45) is 3.66. The van der Waals surface area contributed by atoms with E-state index in [2.05, 4.69) is 33.0 Å². The van der Waals surface area contributed by atoms with Crippen molar-refractivity contribution >= 4 is 23.0 Å². The van der Waals surface area contributed by atoms with Crippen LogP contribution in [0.2, 0.25) is 0 Å². The zero-order valence-corrected chi connectivity index (χ0v) is 20.1. The number of rotatable bonds is 6. The molecule has 0 spiro atoms. The smallest absolute Gasteiger partial charge is 0.338 e. The molecule has 1 fully saturated rings. The van der Waals surface area contributed by atoms with Crippen LogP contribution in [0.1, 0.15) is 35.5 Å². The number of hydrogen-bond acceptors (Lipinski definition) is 6. The molecule has 0 aromatic carbocycles. The van der Waals surface area contributed by atoms with Crippen LogP contribution in [0.15, 0.2) is 43.2 Å². The van der Waals surface area contributed by atoms with Gasteiger partial charge in [-0.05, 0) is 56.2 Å². The fourth-order valence-corrected chi connectivity index (χ4v) is 4.24. The topological polar surface area (TPSA) is 59.3 Å². The first kappa shape index (κ1) is 22.9. The van der Waals surface area contributed by atoms with Gasteiger partial charge in [0.1, 0.15) is 5.82 Å². The Morgan fingerprint density at radius 1 is 1.21 bits per heavy atom. The average molecular weight is 449 g/mol. The predicted molar refractivity (Wildman–Crippen MR) is 132 cm³/mol. The summed E-state index contributed by atoms with van der Waals surface area (Å²) >= 11 is 0. The van der Waals surface area contributed by atoms with Gasteiger partial charge in [-0.15, -0.1) is 0 Å². The molecule has 0 aliphatic carbocycles. The number of esters is 1. The fourth-order valence-electron chi connectivity index (χ4n) is 4.24. The lowest BCUT2D eigenvalue weighted by atomic mass is 10.0. The molecule has 174 valence electrons. The van der Waals surface area contributed by atoms with Gasteiger partial charge in [0.2, 0.25) is 0 Å². The van der Waals surface area contributed by atoms with E-state index in [-0.39, 0.29) is 12.1 Å². The molecule has 0 amide bonds. The molecular weight excluding hydrogens is 416 g/mol. The second-order valence-corrected chi connectivity index (χ2v) is 8.81. The number of anilines is 1.